The van der Waals surface area contributed by atoms with Crippen molar-refractivity contribution in [1.29, 1.82) is 0 Å². The van der Waals surface area contributed by atoms with Gasteiger partial charge in [0.25, 0.3) is 0 Å². The monoisotopic (exact) mass is 413 g/mol. The molecule has 0 unspecified atom stereocenters. The molecule has 0 bridgehead atoms. The number of ether oxygens (including phenoxy) is 2. The maximum atomic E-state index is 5.38. The Bertz CT molecular complexity index is 363. The van der Waals surface area contributed by atoms with E-state index in [0.717, 1.165) is 38.3 Å². The van der Waals surface area contributed by atoms with Gasteiger partial charge in [-0.15, -0.1) is 0 Å². The van der Waals surface area contributed by atoms with E-state index in [9.17, 15) is 0 Å². The van der Waals surface area contributed by atoms with Gasteiger partial charge in [-0.25, -0.2) is 4.31 Å². The van der Waals surface area contributed by atoms with Gasteiger partial charge in [0, 0.05) is 25.0 Å². The molecule has 0 aromatic heterocycles. The minimum atomic E-state index is 0. The zero-order valence-corrected chi connectivity index (χ0v) is 26.0. The minimum Gasteiger partial charge on any atom is -0.497 e. The zero-order valence-electron chi connectivity index (χ0n) is 15.8. The Morgan fingerprint density at radius 3 is 2.13 bits per heavy atom. The summed E-state index contributed by atoms with van der Waals surface area (Å²) in [5.41, 5.74) is 1.32. The summed E-state index contributed by atoms with van der Waals surface area (Å²) in [5, 5.41) is 0.710. The molecule has 1 heterocycles. The first-order chi connectivity index (χ1) is 9.78. The van der Waals surface area contributed by atoms with Crippen molar-refractivity contribution in [2.75, 3.05) is 27.4 Å². The Morgan fingerprint density at radius 2 is 1.65 bits per heavy atom. The van der Waals surface area contributed by atoms with Crippen LogP contribution in [0, 0.1) is 6.92 Å². The van der Waals surface area contributed by atoms with Gasteiger partial charge in [-0.1, -0.05) is 24.1 Å². The quantitative estimate of drug-likeness (QED) is 0.273. The predicted octanol–water partition coefficient (Wildman–Crippen LogP) is -5.19. The van der Waals surface area contributed by atoms with Gasteiger partial charge in [-0.2, -0.15) is 6.92 Å². The topological polar surface area (TPSA) is 21.7 Å². The van der Waals surface area contributed by atoms with Crippen LogP contribution in [0.15, 0.2) is 24.3 Å². The summed E-state index contributed by atoms with van der Waals surface area (Å²) in [6.45, 7) is 7.79. The second-order valence-corrected chi connectivity index (χ2v) is 6.05. The Morgan fingerprint density at radius 1 is 1.13 bits per heavy atom. The van der Waals surface area contributed by atoms with E-state index in [1.165, 1.54) is 5.56 Å². The van der Waals surface area contributed by atoms with Crippen LogP contribution >= 0.6 is 11.9 Å². The molecule has 3 nitrogen and oxygen atoms in total. The number of benzene rings is 1. The van der Waals surface area contributed by atoms with Gasteiger partial charge in [0.2, 0.25) is 0 Å². The second-order valence-electron chi connectivity index (χ2n) is 4.55. The maximum absolute atomic E-state index is 5.38. The van der Waals surface area contributed by atoms with Crippen LogP contribution in [-0.4, -0.2) is 36.9 Å². The number of nitrogens with zero attached hydrogens (tertiary/aromatic N) is 1. The van der Waals surface area contributed by atoms with Crippen molar-refractivity contribution in [2.24, 2.45) is 0 Å². The van der Waals surface area contributed by atoms with Crippen molar-refractivity contribution in [2.45, 2.75) is 31.6 Å². The first kappa shape index (κ1) is 31.9. The van der Waals surface area contributed by atoms with Crippen LogP contribution in [0.25, 0.3) is 0 Å². The molecule has 1 saturated heterocycles. The molecule has 2 rings (SSSR count). The van der Waals surface area contributed by atoms with E-state index in [4.69, 9.17) is 9.47 Å². The van der Waals surface area contributed by atoms with Gasteiger partial charge in [-0.05, 0) is 37.6 Å². The van der Waals surface area contributed by atoms with Crippen molar-refractivity contribution >= 4 is 11.9 Å². The Kier molecular flexibility index (Phi) is 29.0. The molecule has 0 saturated carbocycles. The molecule has 1 aromatic carbocycles. The second kappa shape index (κ2) is 20.9. The van der Waals surface area contributed by atoms with Gasteiger partial charge in [0.05, 0.1) is 7.11 Å². The van der Waals surface area contributed by atoms with Gasteiger partial charge in [-0.3, -0.25) is 0 Å². The van der Waals surface area contributed by atoms with E-state index in [-0.39, 0.29) is 154 Å². The summed E-state index contributed by atoms with van der Waals surface area (Å²) in [7, 11) is 3.85. The third-order valence-corrected chi connectivity index (χ3v) is 4.32. The van der Waals surface area contributed by atoms with Crippen molar-refractivity contribution in [1.82, 2.24) is 4.31 Å². The summed E-state index contributed by atoms with van der Waals surface area (Å²) in [4.78, 5) is 0. The van der Waals surface area contributed by atoms with Crippen LogP contribution in [-0.2, 0) is 11.3 Å². The van der Waals surface area contributed by atoms with Gasteiger partial charge < -0.3 is 16.4 Å². The van der Waals surface area contributed by atoms with Crippen molar-refractivity contribution in [3.63, 3.8) is 0 Å². The number of hydrogen-bond acceptors (Lipinski definition) is 4. The molecule has 0 radical (unpaired) electrons. The zero-order chi connectivity index (χ0) is 14.8. The Labute approximate surface area is 274 Å². The fourth-order valence-electron chi connectivity index (χ4n) is 2.06. The summed E-state index contributed by atoms with van der Waals surface area (Å²) in [6.07, 6.45) is 2.33. The first-order valence-electron chi connectivity index (χ1n) is 7.07. The summed E-state index contributed by atoms with van der Waals surface area (Å²) < 4.78 is 12.9. The standard InChI is InChI=1S/C14H21NO2S.C2H5.3K/c1-15(18-14-7-9-17-10-8-14)11-12-3-5-13(16-2)6-4-12;1-2;;;/h3-6,14H,7-11H2,1-2H3;1H2,2H3;;;/q;-1;3*+1. The predicted molar refractivity (Wildman–Crippen MR) is 86.9 cm³/mol. The van der Waals surface area contributed by atoms with E-state index < -0.39 is 0 Å². The van der Waals surface area contributed by atoms with Crippen molar-refractivity contribution in [3.8, 4) is 5.75 Å². The molecule has 23 heavy (non-hydrogen) atoms. The SMILES string of the molecule is COc1ccc(CN(C)SC2CCOCC2)cc1.[CH2-]C.[K+].[K+].[K+]. The molecule has 0 N–H and O–H groups in total. The van der Waals surface area contributed by atoms with E-state index in [1.54, 1.807) is 14.0 Å². The van der Waals surface area contributed by atoms with Gasteiger partial charge in [0.1, 0.15) is 5.75 Å². The van der Waals surface area contributed by atoms with Crippen LogP contribution < -0.4 is 159 Å². The smallest absolute Gasteiger partial charge is 0.497 e. The van der Waals surface area contributed by atoms with E-state index in [1.807, 2.05) is 24.1 Å². The van der Waals surface area contributed by atoms with Crippen LogP contribution in [0.3, 0.4) is 0 Å². The fraction of sp³-hybridized carbons (Fsp3) is 0.562. The van der Waals surface area contributed by atoms with Crippen LogP contribution in [0.4, 0.5) is 0 Å². The van der Waals surface area contributed by atoms with Crippen molar-refractivity contribution in [3.05, 3.63) is 36.8 Å². The summed E-state index contributed by atoms with van der Waals surface area (Å²) >= 11 is 1.95. The van der Waals surface area contributed by atoms with Crippen LogP contribution in [0.1, 0.15) is 25.3 Å². The molecule has 0 spiro atoms. The molecule has 1 aliphatic rings. The van der Waals surface area contributed by atoms with Gasteiger partial charge in [0.15, 0.2) is 0 Å². The third kappa shape index (κ3) is 14.8. The first-order valence-corrected chi connectivity index (χ1v) is 7.91. The van der Waals surface area contributed by atoms with Crippen LogP contribution in [0.2, 0.25) is 0 Å². The van der Waals surface area contributed by atoms with Crippen molar-refractivity contribution < 1.29 is 164 Å². The number of hydrogen-bond donors (Lipinski definition) is 0. The van der Waals surface area contributed by atoms with E-state index in [2.05, 4.69) is 30.4 Å². The summed E-state index contributed by atoms with van der Waals surface area (Å²) in [6, 6.07) is 8.28. The minimum absolute atomic E-state index is 0. The maximum Gasteiger partial charge on any atom is 1.00 e. The molecule has 0 atom stereocenters. The normalized spacial score (nSPS) is 13.6. The molecule has 1 fully saturated rings. The van der Waals surface area contributed by atoms with Crippen LogP contribution in [0.5, 0.6) is 5.75 Å². The molecular formula is C16H26K3NO2S+2. The van der Waals surface area contributed by atoms with Gasteiger partial charge >= 0.3 is 154 Å². The summed E-state index contributed by atoms with van der Waals surface area (Å²) in [5.74, 6) is 0.915. The number of methoxy groups -OCH3 is 1. The molecule has 1 aliphatic heterocycles. The van der Waals surface area contributed by atoms with E-state index in [0.29, 0.717) is 5.25 Å². The molecule has 0 amide bonds. The average Bonchev–Trinajstić information content (AvgIpc) is 2.51. The molecule has 0 aliphatic carbocycles. The average molecular weight is 414 g/mol. The molecule has 1 aromatic rings. The Balaban J connectivity index is -0.000000770. The largest absolute Gasteiger partial charge is 1.00 e. The third-order valence-electron chi connectivity index (χ3n) is 3.06. The fourth-order valence-corrected chi connectivity index (χ4v) is 3.20. The molecule has 7 heteroatoms. The molecule has 114 valence electrons. The molecular weight excluding hydrogens is 388 g/mol. The Hall–Kier alpha value is 4.20. The van der Waals surface area contributed by atoms with E-state index >= 15 is 0 Å². The number of rotatable bonds is 5.